The third-order valence-electron chi connectivity index (χ3n) is 3.43. The van der Waals surface area contributed by atoms with Crippen LogP contribution in [0, 0.1) is 34.6 Å². The van der Waals surface area contributed by atoms with Crippen molar-refractivity contribution in [2.75, 3.05) is 0 Å². The minimum Gasteiger partial charge on any atom is -0.139 e. The van der Waals surface area contributed by atoms with Crippen LogP contribution in [0.4, 0.5) is 0 Å². The molecule has 0 aliphatic carbocycles. The van der Waals surface area contributed by atoms with Crippen LogP contribution in [0.2, 0.25) is 0 Å². The number of hydrogen-bond acceptors (Lipinski definition) is 3. The fourth-order valence-electron chi connectivity index (χ4n) is 2.57. The average molecular weight is 319 g/mol. The standard InChI is InChI=1S/C17H18S3/c1-9-6-12(4)18-15(9)14-8-11(3)17(20-14)16-10(2)7-13(5)19-16/h6-8H,1-5H3. The number of rotatable bonds is 2. The van der Waals surface area contributed by atoms with E-state index in [2.05, 4.69) is 52.8 Å². The van der Waals surface area contributed by atoms with E-state index in [1.165, 1.54) is 46.0 Å². The molecule has 0 radical (unpaired) electrons. The minimum atomic E-state index is 1.40. The minimum absolute atomic E-state index is 1.40. The average Bonchev–Trinajstić information content (AvgIpc) is 2.98. The lowest BCUT2D eigenvalue weighted by Gasteiger charge is -1.97. The van der Waals surface area contributed by atoms with E-state index >= 15 is 0 Å². The van der Waals surface area contributed by atoms with Gasteiger partial charge in [-0.25, -0.2) is 0 Å². The Labute approximate surface area is 132 Å². The lowest BCUT2D eigenvalue weighted by atomic mass is 10.2. The zero-order valence-electron chi connectivity index (χ0n) is 12.5. The van der Waals surface area contributed by atoms with Gasteiger partial charge in [0.1, 0.15) is 0 Å². The van der Waals surface area contributed by atoms with E-state index in [1.807, 2.05) is 34.0 Å². The van der Waals surface area contributed by atoms with Crippen molar-refractivity contribution in [2.45, 2.75) is 34.6 Å². The van der Waals surface area contributed by atoms with E-state index in [0.717, 1.165) is 0 Å². The Morgan fingerprint density at radius 2 is 1.00 bits per heavy atom. The van der Waals surface area contributed by atoms with Gasteiger partial charge in [-0.3, -0.25) is 0 Å². The summed E-state index contributed by atoms with van der Waals surface area (Å²) in [6.45, 7) is 11.1. The quantitative estimate of drug-likeness (QED) is 0.490. The first-order valence-corrected chi connectivity index (χ1v) is 9.16. The van der Waals surface area contributed by atoms with Gasteiger partial charge < -0.3 is 0 Å². The van der Waals surface area contributed by atoms with Gasteiger partial charge in [-0.2, -0.15) is 0 Å². The molecule has 0 nitrogen and oxygen atoms in total. The van der Waals surface area contributed by atoms with Gasteiger partial charge in [0.2, 0.25) is 0 Å². The molecule has 3 heterocycles. The van der Waals surface area contributed by atoms with Gasteiger partial charge in [-0.1, -0.05) is 0 Å². The molecule has 0 fully saturated rings. The van der Waals surface area contributed by atoms with Gasteiger partial charge in [0.25, 0.3) is 0 Å². The van der Waals surface area contributed by atoms with Crippen molar-refractivity contribution in [1.82, 2.24) is 0 Å². The van der Waals surface area contributed by atoms with Crippen LogP contribution >= 0.6 is 34.0 Å². The van der Waals surface area contributed by atoms with Gasteiger partial charge in [-0.05, 0) is 69.5 Å². The smallest absolute Gasteiger partial charge is 0.0481 e. The lowest BCUT2D eigenvalue weighted by Crippen LogP contribution is -1.72. The number of thiophene rings is 3. The van der Waals surface area contributed by atoms with Crippen LogP contribution in [-0.4, -0.2) is 0 Å². The maximum Gasteiger partial charge on any atom is 0.0481 e. The summed E-state index contributed by atoms with van der Waals surface area (Å²) >= 11 is 5.76. The summed E-state index contributed by atoms with van der Waals surface area (Å²) in [6.07, 6.45) is 0. The third kappa shape index (κ3) is 2.39. The molecule has 0 saturated heterocycles. The monoisotopic (exact) mass is 318 g/mol. The Morgan fingerprint density at radius 3 is 1.50 bits per heavy atom. The fraction of sp³-hybridized carbons (Fsp3) is 0.294. The van der Waals surface area contributed by atoms with E-state index < -0.39 is 0 Å². The molecule has 104 valence electrons. The topological polar surface area (TPSA) is 0 Å². The van der Waals surface area contributed by atoms with Crippen molar-refractivity contribution in [3.8, 4) is 19.5 Å². The van der Waals surface area contributed by atoms with E-state index in [4.69, 9.17) is 0 Å². The highest BCUT2D eigenvalue weighted by atomic mass is 32.1. The highest BCUT2D eigenvalue weighted by Gasteiger charge is 2.15. The molecule has 0 spiro atoms. The van der Waals surface area contributed by atoms with Crippen molar-refractivity contribution < 1.29 is 0 Å². The Bertz CT molecular complexity index is 768. The molecule has 3 rings (SSSR count). The summed E-state index contributed by atoms with van der Waals surface area (Å²) in [5.41, 5.74) is 4.21. The highest BCUT2D eigenvalue weighted by Crippen LogP contribution is 2.44. The Kier molecular flexibility index (Phi) is 3.61. The summed E-state index contributed by atoms with van der Waals surface area (Å²) in [5, 5.41) is 0. The molecule has 0 aliphatic heterocycles. The van der Waals surface area contributed by atoms with Crippen molar-refractivity contribution in [3.63, 3.8) is 0 Å². The maximum atomic E-state index is 2.35. The first-order valence-electron chi connectivity index (χ1n) is 6.71. The first kappa shape index (κ1) is 14.1. The Morgan fingerprint density at radius 1 is 0.550 bits per heavy atom. The zero-order chi connectivity index (χ0) is 14.4. The molecule has 20 heavy (non-hydrogen) atoms. The molecule has 3 aromatic heterocycles. The van der Waals surface area contributed by atoms with E-state index in [0.29, 0.717) is 0 Å². The molecule has 0 unspecified atom stereocenters. The summed E-state index contributed by atoms with van der Waals surface area (Å²) in [4.78, 5) is 8.54. The van der Waals surface area contributed by atoms with Gasteiger partial charge in [0, 0.05) is 29.3 Å². The van der Waals surface area contributed by atoms with Gasteiger partial charge in [0.05, 0.1) is 0 Å². The van der Waals surface area contributed by atoms with E-state index in [1.54, 1.807) is 0 Å². The molecule has 3 aromatic rings. The Hall–Kier alpha value is -0.900. The predicted molar refractivity (Wildman–Crippen MR) is 94.6 cm³/mol. The summed E-state index contributed by atoms with van der Waals surface area (Å²) in [5.74, 6) is 0. The van der Waals surface area contributed by atoms with Gasteiger partial charge in [0.15, 0.2) is 0 Å². The molecular weight excluding hydrogens is 300 g/mol. The lowest BCUT2D eigenvalue weighted by molar-refractivity contribution is 1.49. The Balaban J connectivity index is 2.12. The molecule has 0 aliphatic rings. The SMILES string of the molecule is Cc1cc(C)c(-c2cc(C)c(-c3sc(C)cc3C)s2)s1. The second-order valence-electron chi connectivity index (χ2n) is 5.36. The van der Waals surface area contributed by atoms with E-state index in [-0.39, 0.29) is 0 Å². The fourth-order valence-corrected chi connectivity index (χ4v) is 6.22. The highest BCUT2D eigenvalue weighted by molar-refractivity contribution is 7.26. The van der Waals surface area contributed by atoms with Crippen molar-refractivity contribution in [1.29, 1.82) is 0 Å². The van der Waals surface area contributed by atoms with Crippen LogP contribution in [0.1, 0.15) is 26.4 Å². The van der Waals surface area contributed by atoms with Crippen LogP contribution in [0.3, 0.4) is 0 Å². The molecule has 0 amide bonds. The van der Waals surface area contributed by atoms with Crippen LogP contribution in [-0.2, 0) is 0 Å². The first-order chi connectivity index (χ1) is 9.45. The zero-order valence-corrected chi connectivity index (χ0v) is 14.9. The second-order valence-corrected chi connectivity index (χ2v) is 8.93. The molecule has 0 N–H and O–H groups in total. The van der Waals surface area contributed by atoms with Crippen LogP contribution < -0.4 is 0 Å². The van der Waals surface area contributed by atoms with Crippen LogP contribution in [0.25, 0.3) is 19.5 Å². The molecule has 0 atom stereocenters. The predicted octanol–water partition coefficient (Wildman–Crippen LogP) is 6.75. The number of aryl methyl sites for hydroxylation is 5. The summed E-state index contributed by atoms with van der Waals surface area (Å²) in [6, 6.07) is 6.93. The maximum absolute atomic E-state index is 2.35. The summed E-state index contributed by atoms with van der Waals surface area (Å²) in [7, 11) is 0. The van der Waals surface area contributed by atoms with Gasteiger partial charge >= 0.3 is 0 Å². The van der Waals surface area contributed by atoms with Crippen LogP contribution in [0.5, 0.6) is 0 Å². The third-order valence-corrected chi connectivity index (χ3v) is 7.32. The largest absolute Gasteiger partial charge is 0.139 e. The summed E-state index contributed by atoms with van der Waals surface area (Å²) < 4.78 is 0. The van der Waals surface area contributed by atoms with Crippen molar-refractivity contribution in [2.24, 2.45) is 0 Å². The molecule has 0 saturated carbocycles. The normalized spacial score (nSPS) is 11.2. The second kappa shape index (κ2) is 5.14. The molecule has 0 bridgehead atoms. The molecule has 3 heteroatoms. The molecule has 0 aromatic carbocycles. The number of hydrogen-bond donors (Lipinski definition) is 0. The van der Waals surface area contributed by atoms with Crippen molar-refractivity contribution >= 4 is 34.0 Å². The molecular formula is C17H18S3. The van der Waals surface area contributed by atoms with E-state index in [9.17, 15) is 0 Å². The van der Waals surface area contributed by atoms with Crippen molar-refractivity contribution in [3.05, 3.63) is 44.6 Å². The van der Waals surface area contributed by atoms with Crippen LogP contribution in [0.15, 0.2) is 18.2 Å². The van der Waals surface area contributed by atoms with Gasteiger partial charge in [-0.15, -0.1) is 34.0 Å².